The van der Waals surface area contributed by atoms with Crippen molar-refractivity contribution in [2.75, 3.05) is 0 Å². The van der Waals surface area contributed by atoms with Crippen molar-refractivity contribution < 1.29 is 4.42 Å². The molecule has 0 unspecified atom stereocenters. The quantitative estimate of drug-likeness (QED) is 0.583. The van der Waals surface area contributed by atoms with E-state index in [9.17, 15) is 4.79 Å². The highest BCUT2D eigenvalue weighted by atomic mass is 32.2. The normalized spacial score (nSPS) is 11.5. The Bertz CT molecular complexity index is 1030. The highest BCUT2D eigenvalue weighted by Crippen LogP contribution is 2.25. The zero-order chi connectivity index (χ0) is 15.1. The van der Waals surface area contributed by atoms with Gasteiger partial charge in [0.1, 0.15) is 23.3 Å². The Morgan fingerprint density at radius 1 is 1.36 bits per heavy atom. The smallest absolute Gasteiger partial charge is 0.294 e. The van der Waals surface area contributed by atoms with Crippen LogP contribution in [0.3, 0.4) is 0 Å². The van der Waals surface area contributed by atoms with Crippen LogP contribution in [0, 0.1) is 0 Å². The van der Waals surface area contributed by atoms with E-state index in [-0.39, 0.29) is 11.1 Å². The molecule has 22 heavy (non-hydrogen) atoms. The summed E-state index contributed by atoms with van der Waals surface area (Å²) < 4.78 is 7.38. The van der Waals surface area contributed by atoms with Crippen LogP contribution < -0.4 is 5.56 Å². The number of H-pyrrole nitrogens is 1. The van der Waals surface area contributed by atoms with Gasteiger partial charge in [-0.25, -0.2) is 4.98 Å². The maximum absolute atomic E-state index is 12.2. The molecule has 7 nitrogen and oxygen atoms in total. The van der Waals surface area contributed by atoms with E-state index in [1.54, 1.807) is 6.33 Å². The molecule has 3 heterocycles. The largest absolute Gasteiger partial charge is 0.449 e. The number of fused-ring (bicyclic) bond motifs is 3. The van der Waals surface area contributed by atoms with Gasteiger partial charge in [-0.2, -0.15) is 0 Å². The predicted octanol–water partition coefficient (Wildman–Crippen LogP) is 2.09. The Labute approximate surface area is 128 Å². The summed E-state index contributed by atoms with van der Waals surface area (Å²) in [6.07, 6.45) is 1.63. The Hall–Kier alpha value is -2.61. The standard InChI is InChI=1S/C14H11N5O2S/c1-19-7-15-18-14(19)22-6-10-16-11-8-4-2-3-5-9(8)21-12(11)13(20)17-10/h2-5,7H,6H2,1H3,(H,16,17,20). The summed E-state index contributed by atoms with van der Waals surface area (Å²) in [6, 6.07) is 7.48. The van der Waals surface area contributed by atoms with Crippen molar-refractivity contribution in [3.63, 3.8) is 0 Å². The van der Waals surface area contributed by atoms with Crippen LogP contribution in [0.25, 0.3) is 22.1 Å². The van der Waals surface area contributed by atoms with E-state index in [1.165, 1.54) is 11.8 Å². The van der Waals surface area contributed by atoms with Crippen LogP contribution in [0.4, 0.5) is 0 Å². The number of rotatable bonds is 3. The molecular formula is C14H11N5O2S. The summed E-state index contributed by atoms with van der Waals surface area (Å²) in [7, 11) is 1.87. The molecule has 0 aliphatic rings. The molecule has 110 valence electrons. The van der Waals surface area contributed by atoms with Crippen LogP contribution in [0.5, 0.6) is 0 Å². The van der Waals surface area contributed by atoms with E-state index in [2.05, 4.69) is 20.2 Å². The second-order valence-electron chi connectivity index (χ2n) is 4.80. The SMILES string of the molecule is Cn1cnnc1SCc1nc2c(oc3ccccc32)c(=O)[nH]1. The van der Waals surface area contributed by atoms with E-state index in [0.717, 1.165) is 10.5 Å². The fourth-order valence-corrected chi connectivity index (χ4v) is 3.01. The van der Waals surface area contributed by atoms with E-state index >= 15 is 0 Å². The van der Waals surface area contributed by atoms with Gasteiger partial charge in [0.05, 0.1) is 5.75 Å². The topological polar surface area (TPSA) is 89.6 Å². The molecule has 0 amide bonds. The first-order valence-corrected chi connectivity index (χ1v) is 7.58. The molecule has 0 saturated carbocycles. The average Bonchev–Trinajstić information content (AvgIpc) is 3.09. The molecule has 4 aromatic rings. The van der Waals surface area contributed by atoms with Gasteiger partial charge in [0.2, 0.25) is 5.58 Å². The van der Waals surface area contributed by atoms with Gasteiger partial charge >= 0.3 is 0 Å². The number of hydrogen-bond acceptors (Lipinski definition) is 6. The molecule has 4 rings (SSSR count). The maximum atomic E-state index is 12.2. The highest BCUT2D eigenvalue weighted by Gasteiger charge is 2.13. The summed E-state index contributed by atoms with van der Waals surface area (Å²) in [5, 5.41) is 9.42. The van der Waals surface area contributed by atoms with Crippen LogP contribution >= 0.6 is 11.8 Å². The molecule has 0 aliphatic carbocycles. The summed E-state index contributed by atoms with van der Waals surface area (Å²) in [4.78, 5) is 19.4. The van der Waals surface area contributed by atoms with Crippen molar-refractivity contribution >= 4 is 33.8 Å². The molecule has 0 atom stereocenters. The number of thioether (sulfide) groups is 1. The van der Waals surface area contributed by atoms with Crippen molar-refractivity contribution in [2.45, 2.75) is 10.9 Å². The number of furan rings is 1. The molecular weight excluding hydrogens is 302 g/mol. The lowest BCUT2D eigenvalue weighted by molar-refractivity contribution is 0.660. The minimum atomic E-state index is -0.269. The summed E-state index contributed by atoms with van der Waals surface area (Å²) in [6.45, 7) is 0. The number of para-hydroxylation sites is 1. The Morgan fingerprint density at radius 2 is 2.23 bits per heavy atom. The van der Waals surface area contributed by atoms with Gasteiger partial charge in [-0.15, -0.1) is 10.2 Å². The number of nitrogens with one attached hydrogen (secondary N) is 1. The second-order valence-corrected chi connectivity index (χ2v) is 5.74. The molecule has 0 radical (unpaired) electrons. The van der Waals surface area contributed by atoms with E-state index in [4.69, 9.17) is 4.42 Å². The lowest BCUT2D eigenvalue weighted by Gasteiger charge is -2.00. The van der Waals surface area contributed by atoms with Crippen LogP contribution in [-0.2, 0) is 12.8 Å². The van der Waals surface area contributed by atoms with Gasteiger partial charge < -0.3 is 14.0 Å². The molecule has 3 aromatic heterocycles. The van der Waals surface area contributed by atoms with E-state index < -0.39 is 0 Å². The van der Waals surface area contributed by atoms with Crippen LogP contribution in [0.15, 0.2) is 45.0 Å². The van der Waals surface area contributed by atoms with Crippen molar-refractivity contribution in [1.29, 1.82) is 0 Å². The van der Waals surface area contributed by atoms with Crippen LogP contribution in [0.2, 0.25) is 0 Å². The zero-order valence-electron chi connectivity index (χ0n) is 11.6. The van der Waals surface area contributed by atoms with Crippen molar-refractivity contribution in [3.05, 3.63) is 46.8 Å². The summed E-state index contributed by atoms with van der Waals surface area (Å²) >= 11 is 1.46. The molecule has 0 aliphatic heterocycles. The lowest BCUT2D eigenvalue weighted by atomic mass is 10.2. The van der Waals surface area contributed by atoms with Gasteiger partial charge in [-0.3, -0.25) is 4.79 Å². The minimum Gasteiger partial charge on any atom is -0.449 e. The first-order chi connectivity index (χ1) is 10.7. The summed E-state index contributed by atoms with van der Waals surface area (Å²) in [5.41, 5.74) is 1.24. The zero-order valence-corrected chi connectivity index (χ0v) is 12.4. The number of nitrogens with zero attached hydrogens (tertiary/aromatic N) is 4. The Balaban J connectivity index is 1.77. The van der Waals surface area contributed by atoms with Crippen LogP contribution in [0.1, 0.15) is 5.82 Å². The molecule has 0 spiro atoms. The highest BCUT2D eigenvalue weighted by molar-refractivity contribution is 7.98. The summed E-state index contributed by atoms with van der Waals surface area (Å²) in [5.74, 6) is 1.08. The Kier molecular flexibility index (Phi) is 2.97. The lowest BCUT2D eigenvalue weighted by Crippen LogP contribution is -2.10. The fourth-order valence-electron chi connectivity index (χ4n) is 2.25. The number of benzene rings is 1. The maximum Gasteiger partial charge on any atom is 0.294 e. The molecule has 0 bridgehead atoms. The number of aromatic amines is 1. The van der Waals surface area contributed by atoms with E-state index in [0.29, 0.717) is 22.7 Å². The average molecular weight is 313 g/mol. The van der Waals surface area contributed by atoms with Gasteiger partial charge in [0, 0.05) is 12.4 Å². The third kappa shape index (κ3) is 2.08. The first kappa shape index (κ1) is 13.1. The van der Waals surface area contributed by atoms with Crippen LogP contribution in [-0.4, -0.2) is 24.7 Å². The molecule has 8 heteroatoms. The molecule has 0 fully saturated rings. The van der Waals surface area contributed by atoms with Crippen molar-refractivity contribution in [1.82, 2.24) is 24.7 Å². The second kappa shape index (κ2) is 4.99. The Morgan fingerprint density at radius 3 is 3.05 bits per heavy atom. The molecule has 1 N–H and O–H groups in total. The number of hydrogen-bond donors (Lipinski definition) is 1. The number of aryl methyl sites for hydroxylation is 1. The van der Waals surface area contributed by atoms with Crippen molar-refractivity contribution in [3.8, 4) is 0 Å². The monoisotopic (exact) mass is 313 g/mol. The number of aromatic nitrogens is 5. The predicted molar refractivity (Wildman–Crippen MR) is 82.7 cm³/mol. The van der Waals surface area contributed by atoms with Gasteiger partial charge in [-0.05, 0) is 12.1 Å². The van der Waals surface area contributed by atoms with Gasteiger partial charge in [-0.1, -0.05) is 23.9 Å². The minimum absolute atomic E-state index is 0.258. The third-order valence-electron chi connectivity index (χ3n) is 3.29. The van der Waals surface area contributed by atoms with E-state index in [1.807, 2.05) is 35.9 Å². The fraction of sp³-hybridized carbons (Fsp3) is 0.143. The first-order valence-electron chi connectivity index (χ1n) is 6.59. The third-order valence-corrected chi connectivity index (χ3v) is 4.33. The molecule has 0 saturated heterocycles. The molecule has 1 aromatic carbocycles. The van der Waals surface area contributed by atoms with Gasteiger partial charge in [0.25, 0.3) is 5.56 Å². The van der Waals surface area contributed by atoms with Crippen molar-refractivity contribution in [2.24, 2.45) is 7.05 Å². The van der Waals surface area contributed by atoms with Gasteiger partial charge in [0.15, 0.2) is 5.16 Å².